The maximum Gasteiger partial charge on any atom is 0.276 e. The van der Waals surface area contributed by atoms with Crippen LogP contribution in [0.4, 0.5) is 8.78 Å². The SMILES string of the molecule is CONC(=O)c1ccc(C(c2cc(F)ccc2F)S(=O)(=O)c2ccc(Cl)cc2)nc1. The molecule has 0 aliphatic heterocycles. The molecule has 0 bridgehead atoms. The van der Waals surface area contributed by atoms with Crippen LogP contribution in [-0.4, -0.2) is 26.4 Å². The number of sulfone groups is 1. The Kier molecular flexibility index (Phi) is 6.45. The molecule has 0 spiro atoms. The van der Waals surface area contributed by atoms with E-state index in [2.05, 4.69) is 15.3 Å². The summed E-state index contributed by atoms with van der Waals surface area (Å²) in [6.45, 7) is 0. The molecule has 3 aromatic rings. The highest BCUT2D eigenvalue weighted by Gasteiger charge is 2.34. The molecule has 1 heterocycles. The Hall–Kier alpha value is -2.88. The average molecular weight is 453 g/mol. The topological polar surface area (TPSA) is 85.4 Å². The molecule has 0 fully saturated rings. The van der Waals surface area contributed by atoms with Crippen molar-refractivity contribution in [3.8, 4) is 0 Å². The van der Waals surface area contributed by atoms with E-state index in [1.807, 2.05) is 0 Å². The minimum Gasteiger partial charge on any atom is -0.277 e. The summed E-state index contributed by atoms with van der Waals surface area (Å²) in [6.07, 6.45) is 1.12. The first-order valence-electron chi connectivity index (χ1n) is 8.47. The number of rotatable bonds is 6. The summed E-state index contributed by atoms with van der Waals surface area (Å²) in [5, 5.41) is -1.34. The van der Waals surface area contributed by atoms with Crippen LogP contribution in [0.15, 0.2) is 65.7 Å². The molecule has 0 radical (unpaired) electrons. The van der Waals surface area contributed by atoms with Gasteiger partial charge in [-0.15, -0.1) is 0 Å². The van der Waals surface area contributed by atoms with Gasteiger partial charge < -0.3 is 0 Å². The first kappa shape index (κ1) is 21.8. The van der Waals surface area contributed by atoms with Gasteiger partial charge in [-0.3, -0.25) is 14.6 Å². The van der Waals surface area contributed by atoms with E-state index in [1.54, 1.807) is 0 Å². The predicted molar refractivity (Wildman–Crippen MR) is 106 cm³/mol. The van der Waals surface area contributed by atoms with Gasteiger partial charge in [-0.1, -0.05) is 11.6 Å². The number of nitrogens with one attached hydrogen (secondary N) is 1. The van der Waals surface area contributed by atoms with Crippen LogP contribution < -0.4 is 5.48 Å². The normalized spacial score (nSPS) is 12.4. The second kappa shape index (κ2) is 8.86. The number of carbonyl (C=O) groups excluding carboxylic acids is 1. The summed E-state index contributed by atoms with van der Waals surface area (Å²) in [5.74, 6) is -2.33. The van der Waals surface area contributed by atoms with Crippen molar-refractivity contribution in [1.29, 1.82) is 0 Å². The summed E-state index contributed by atoms with van der Waals surface area (Å²) in [6, 6.07) is 10.4. The Balaban J connectivity index is 2.17. The highest BCUT2D eigenvalue weighted by Crippen LogP contribution is 2.36. The zero-order valence-corrected chi connectivity index (χ0v) is 17.0. The number of halogens is 3. The molecule has 1 aromatic heterocycles. The molecule has 2 aromatic carbocycles. The number of pyridine rings is 1. The second-order valence-corrected chi connectivity index (χ2v) is 8.62. The quantitative estimate of drug-likeness (QED) is 0.574. The average Bonchev–Trinajstić information content (AvgIpc) is 2.71. The fourth-order valence-corrected chi connectivity index (χ4v) is 4.69. The van der Waals surface area contributed by atoms with Crippen LogP contribution in [0, 0.1) is 11.6 Å². The smallest absolute Gasteiger partial charge is 0.276 e. The fraction of sp³-hybridized carbons (Fsp3) is 0.100. The van der Waals surface area contributed by atoms with Gasteiger partial charge in [0.05, 0.1) is 23.3 Å². The molecule has 10 heteroatoms. The maximum absolute atomic E-state index is 14.6. The molecule has 1 unspecified atom stereocenters. The summed E-state index contributed by atoms with van der Waals surface area (Å²) >= 11 is 5.83. The number of hydrogen-bond acceptors (Lipinski definition) is 5. The van der Waals surface area contributed by atoms with Crippen molar-refractivity contribution in [1.82, 2.24) is 10.5 Å². The van der Waals surface area contributed by atoms with Gasteiger partial charge in [0.1, 0.15) is 16.9 Å². The number of nitrogens with zero attached hydrogens (tertiary/aromatic N) is 1. The number of aromatic nitrogens is 1. The van der Waals surface area contributed by atoms with Crippen molar-refractivity contribution in [3.63, 3.8) is 0 Å². The number of hydrogen-bond donors (Lipinski definition) is 1. The van der Waals surface area contributed by atoms with Crippen molar-refractivity contribution in [2.45, 2.75) is 10.1 Å². The Labute approximate surface area is 176 Å². The third-order valence-electron chi connectivity index (χ3n) is 4.20. The summed E-state index contributed by atoms with van der Waals surface area (Å²) < 4.78 is 55.1. The van der Waals surface area contributed by atoms with E-state index in [0.717, 1.165) is 24.4 Å². The van der Waals surface area contributed by atoms with E-state index >= 15 is 0 Å². The van der Waals surface area contributed by atoms with E-state index in [0.29, 0.717) is 5.02 Å². The summed E-state index contributed by atoms with van der Waals surface area (Å²) in [4.78, 5) is 20.2. The molecule has 0 saturated heterocycles. The van der Waals surface area contributed by atoms with Crippen LogP contribution in [0.1, 0.15) is 26.9 Å². The Morgan fingerprint density at radius 1 is 1.10 bits per heavy atom. The highest BCUT2D eigenvalue weighted by molar-refractivity contribution is 7.91. The van der Waals surface area contributed by atoms with Gasteiger partial charge >= 0.3 is 0 Å². The van der Waals surface area contributed by atoms with Crippen LogP contribution in [0.2, 0.25) is 5.02 Å². The number of benzene rings is 2. The molecule has 6 nitrogen and oxygen atoms in total. The third kappa shape index (κ3) is 4.48. The first-order chi connectivity index (χ1) is 14.2. The lowest BCUT2D eigenvalue weighted by atomic mass is 10.1. The minimum absolute atomic E-state index is 0.0861. The van der Waals surface area contributed by atoms with Gasteiger partial charge in [0.15, 0.2) is 9.84 Å². The zero-order valence-electron chi connectivity index (χ0n) is 15.5. The van der Waals surface area contributed by atoms with E-state index in [1.165, 1.54) is 43.5 Å². The maximum atomic E-state index is 14.6. The summed E-state index contributed by atoms with van der Waals surface area (Å²) in [5.41, 5.74) is 1.68. The van der Waals surface area contributed by atoms with Gasteiger partial charge in [0.25, 0.3) is 5.91 Å². The first-order valence-corrected chi connectivity index (χ1v) is 10.4. The van der Waals surface area contributed by atoms with Gasteiger partial charge in [-0.25, -0.2) is 22.7 Å². The van der Waals surface area contributed by atoms with Crippen LogP contribution in [0.5, 0.6) is 0 Å². The Morgan fingerprint density at radius 3 is 2.40 bits per heavy atom. The Morgan fingerprint density at radius 2 is 1.80 bits per heavy atom. The van der Waals surface area contributed by atoms with Gasteiger partial charge in [0, 0.05) is 16.8 Å². The van der Waals surface area contributed by atoms with Gasteiger partial charge in [-0.2, -0.15) is 0 Å². The number of carbonyl (C=O) groups is 1. The largest absolute Gasteiger partial charge is 0.277 e. The molecule has 1 atom stereocenters. The standard InChI is InChI=1S/C20H15ClF2N2O4S/c1-29-25-20(26)12-2-9-18(24-11-12)19(16-10-14(22)5-8-17(16)23)30(27,28)15-6-3-13(21)4-7-15/h2-11,19H,1H3,(H,25,26). The van der Waals surface area contributed by atoms with Crippen molar-refractivity contribution >= 4 is 27.3 Å². The van der Waals surface area contributed by atoms with E-state index in [4.69, 9.17) is 11.6 Å². The summed E-state index contributed by atoms with van der Waals surface area (Å²) in [7, 11) is -3.01. The van der Waals surface area contributed by atoms with E-state index in [-0.39, 0.29) is 16.2 Å². The lowest BCUT2D eigenvalue weighted by molar-refractivity contribution is 0.0537. The number of amides is 1. The fourth-order valence-electron chi connectivity index (χ4n) is 2.81. The lowest BCUT2D eigenvalue weighted by Crippen LogP contribution is -2.22. The van der Waals surface area contributed by atoms with Crippen LogP contribution in [0.25, 0.3) is 0 Å². The zero-order chi connectivity index (χ0) is 21.9. The Bertz CT molecular complexity index is 1170. The van der Waals surface area contributed by atoms with Gasteiger partial charge in [-0.05, 0) is 54.6 Å². The van der Waals surface area contributed by atoms with Crippen molar-refractivity contribution in [3.05, 3.63) is 94.3 Å². The van der Waals surface area contributed by atoms with Crippen molar-refractivity contribution in [2.24, 2.45) is 0 Å². The molecule has 1 amide bonds. The molecule has 0 aliphatic carbocycles. The van der Waals surface area contributed by atoms with Crippen LogP contribution >= 0.6 is 11.6 Å². The molecule has 156 valence electrons. The van der Waals surface area contributed by atoms with Crippen molar-refractivity contribution in [2.75, 3.05) is 7.11 Å². The molecule has 0 aliphatic rings. The highest BCUT2D eigenvalue weighted by atomic mass is 35.5. The van der Waals surface area contributed by atoms with Crippen LogP contribution in [0.3, 0.4) is 0 Å². The van der Waals surface area contributed by atoms with Crippen LogP contribution in [-0.2, 0) is 14.7 Å². The van der Waals surface area contributed by atoms with E-state index < -0.39 is 38.2 Å². The molecular formula is C20H15ClF2N2O4S. The third-order valence-corrected chi connectivity index (χ3v) is 6.50. The second-order valence-electron chi connectivity index (χ2n) is 6.15. The monoisotopic (exact) mass is 452 g/mol. The molecular weight excluding hydrogens is 438 g/mol. The molecule has 30 heavy (non-hydrogen) atoms. The predicted octanol–water partition coefficient (Wildman–Crippen LogP) is 3.87. The van der Waals surface area contributed by atoms with E-state index in [9.17, 15) is 22.0 Å². The molecule has 3 rings (SSSR count). The molecule has 0 saturated carbocycles. The number of hydroxylamine groups is 1. The van der Waals surface area contributed by atoms with Gasteiger partial charge in [0.2, 0.25) is 0 Å². The minimum atomic E-state index is -4.26. The molecule has 1 N–H and O–H groups in total. The van der Waals surface area contributed by atoms with Crippen molar-refractivity contribution < 1.29 is 26.8 Å². The lowest BCUT2D eigenvalue weighted by Gasteiger charge is -2.19.